The molecule has 1 atom stereocenters. The minimum atomic E-state index is -0.921. The van der Waals surface area contributed by atoms with Gasteiger partial charge in [0.25, 0.3) is 17.4 Å². The fraction of sp³-hybridized carbons (Fsp3) is 0.125. The molecule has 1 aliphatic rings. The molecule has 2 heterocycles. The summed E-state index contributed by atoms with van der Waals surface area (Å²) in [5, 5.41) is 8.51. The number of hydrogen-bond donors (Lipinski definition) is 2. The van der Waals surface area contributed by atoms with Gasteiger partial charge in [-0.3, -0.25) is 24.4 Å². The average molecular weight is 480 g/mol. The molecule has 0 spiro atoms. The number of anilines is 1. The van der Waals surface area contributed by atoms with Gasteiger partial charge in [-0.1, -0.05) is 17.7 Å². The second kappa shape index (κ2) is 9.40. The van der Waals surface area contributed by atoms with E-state index in [1.54, 1.807) is 48.5 Å². The highest BCUT2D eigenvalue weighted by molar-refractivity contribution is 6.54. The zero-order chi connectivity index (χ0) is 24.4. The third kappa shape index (κ3) is 4.51. The number of nitrogens with zero attached hydrogens (tertiary/aromatic N) is 3. The van der Waals surface area contributed by atoms with Gasteiger partial charge in [0.1, 0.15) is 11.4 Å². The molecule has 1 aliphatic heterocycles. The van der Waals surface area contributed by atoms with Crippen molar-refractivity contribution in [2.75, 3.05) is 11.4 Å². The molecule has 8 nitrogen and oxygen atoms in total. The number of benzene rings is 2. The summed E-state index contributed by atoms with van der Waals surface area (Å²) in [5.41, 5.74) is 5.49. The summed E-state index contributed by atoms with van der Waals surface area (Å²) in [6.07, 6.45) is 1.71. The molecule has 1 fully saturated rings. The Morgan fingerprint density at radius 1 is 1.09 bits per heavy atom. The van der Waals surface area contributed by atoms with Gasteiger partial charge in [0.2, 0.25) is 0 Å². The fourth-order valence-corrected chi connectivity index (χ4v) is 3.94. The maximum absolute atomic E-state index is 13.6. The molecular weight excluding hydrogens is 461 g/mol. The second-order valence-corrected chi connectivity index (χ2v) is 8.04. The number of carbonyl (C=O) groups is 2. The highest BCUT2D eigenvalue weighted by Gasteiger charge is 2.37. The number of aromatic nitrogens is 1. The van der Waals surface area contributed by atoms with Crippen LogP contribution in [0, 0.1) is 17.1 Å². The Bertz CT molecular complexity index is 1380. The number of carbonyl (C=O) groups excluding carboxylic acids is 2. The van der Waals surface area contributed by atoms with Crippen molar-refractivity contribution in [3.05, 3.63) is 88.1 Å². The van der Waals surface area contributed by atoms with Crippen molar-refractivity contribution in [2.45, 2.75) is 6.42 Å². The number of aliphatic imine (C=N–C) groups is 1. The summed E-state index contributed by atoms with van der Waals surface area (Å²) in [7, 11) is 0. The van der Waals surface area contributed by atoms with Gasteiger partial charge in [0, 0.05) is 29.1 Å². The van der Waals surface area contributed by atoms with Gasteiger partial charge in [-0.15, -0.1) is 0 Å². The molecule has 0 radical (unpaired) electrons. The summed E-state index contributed by atoms with van der Waals surface area (Å²) >= 11 is 6.03. The topological polar surface area (TPSA) is 122 Å². The number of piperidine rings is 1. The summed E-state index contributed by atoms with van der Waals surface area (Å²) in [4.78, 5) is 43.0. The van der Waals surface area contributed by atoms with E-state index in [9.17, 15) is 18.8 Å². The lowest BCUT2D eigenvalue weighted by atomic mass is 9.88. The molecular formula is C24H19ClFN5O3. The van der Waals surface area contributed by atoms with Crippen molar-refractivity contribution in [2.24, 2.45) is 16.6 Å². The first kappa shape index (κ1) is 23.1. The van der Waals surface area contributed by atoms with Crippen LogP contribution in [0.1, 0.15) is 6.42 Å². The summed E-state index contributed by atoms with van der Waals surface area (Å²) < 4.78 is 14.8. The number of nitrogens with one attached hydrogen (secondary N) is 1. The molecule has 1 aromatic heterocycles. The molecule has 10 heteroatoms. The molecule has 2 amide bonds. The Morgan fingerprint density at radius 2 is 1.79 bits per heavy atom. The van der Waals surface area contributed by atoms with E-state index in [4.69, 9.17) is 22.7 Å². The SMILES string of the molecule is N=C(C(N)=O)C1CCN(c2ccc(-n3cccc(F)c3=O)cc2)C(=O)C1=Nc1cccc(Cl)c1. The van der Waals surface area contributed by atoms with E-state index >= 15 is 0 Å². The van der Waals surface area contributed by atoms with Gasteiger partial charge in [-0.2, -0.15) is 0 Å². The Balaban J connectivity index is 1.69. The van der Waals surface area contributed by atoms with E-state index in [1.165, 1.54) is 17.2 Å². The highest BCUT2D eigenvalue weighted by atomic mass is 35.5. The smallest absolute Gasteiger partial charge is 0.291 e. The van der Waals surface area contributed by atoms with Crippen LogP contribution < -0.4 is 16.2 Å². The number of pyridine rings is 1. The molecule has 0 aliphatic carbocycles. The Morgan fingerprint density at radius 3 is 2.47 bits per heavy atom. The lowest BCUT2D eigenvalue weighted by Gasteiger charge is -2.32. The molecule has 172 valence electrons. The number of primary amides is 1. The number of amides is 2. The Kier molecular flexibility index (Phi) is 6.38. The molecule has 0 saturated carbocycles. The third-order valence-corrected chi connectivity index (χ3v) is 5.68. The highest BCUT2D eigenvalue weighted by Crippen LogP contribution is 2.27. The van der Waals surface area contributed by atoms with Gasteiger partial charge in [0.15, 0.2) is 5.82 Å². The van der Waals surface area contributed by atoms with Crippen molar-refractivity contribution >= 4 is 46.2 Å². The summed E-state index contributed by atoms with van der Waals surface area (Å²) in [5.74, 6) is -3.14. The van der Waals surface area contributed by atoms with E-state index in [0.717, 1.165) is 10.6 Å². The van der Waals surface area contributed by atoms with Gasteiger partial charge < -0.3 is 10.6 Å². The van der Waals surface area contributed by atoms with Crippen LogP contribution in [-0.4, -0.2) is 34.3 Å². The monoisotopic (exact) mass is 479 g/mol. The van der Waals surface area contributed by atoms with Crippen LogP contribution in [0.15, 0.2) is 76.6 Å². The Hall–Kier alpha value is -4.11. The van der Waals surface area contributed by atoms with Gasteiger partial charge in [-0.05, 0) is 61.0 Å². The molecule has 34 heavy (non-hydrogen) atoms. The van der Waals surface area contributed by atoms with Crippen LogP contribution in [0.3, 0.4) is 0 Å². The van der Waals surface area contributed by atoms with E-state index in [-0.39, 0.29) is 18.7 Å². The number of halogens is 2. The van der Waals surface area contributed by atoms with E-state index in [0.29, 0.717) is 22.1 Å². The van der Waals surface area contributed by atoms with Gasteiger partial charge in [-0.25, -0.2) is 9.38 Å². The minimum absolute atomic E-state index is 0.00254. The van der Waals surface area contributed by atoms with Crippen LogP contribution in [0.2, 0.25) is 5.02 Å². The normalized spacial score (nSPS) is 17.1. The molecule has 3 aromatic rings. The predicted molar refractivity (Wildman–Crippen MR) is 128 cm³/mol. The molecule has 2 aromatic carbocycles. The zero-order valence-electron chi connectivity index (χ0n) is 17.7. The maximum Gasteiger partial charge on any atom is 0.291 e. The van der Waals surface area contributed by atoms with Crippen LogP contribution in [0.4, 0.5) is 15.8 Å². The Labute approximate surface area is 198 Å². The van der Waals surface area contributed by atoms with Gasteiger partial charge >= 0.3 is 0 Å². The summed E-state index contributed by atoms with van der Waals surface area (Å²) in [6, 6.07) is 15.5. The fourth-order valence-electron chi connectivity index (χ4n) is 3.76. The standard InChI is InChI=1S/C24H19ClFN5O3/c25-14-3-1-4-15(13-14)29-21-18(20(27)22(28)32)10-12-31(24(21)34)17-8-6-16(7-9-17)30-11-2-5-19(26)23(30)33/h1-9,11,13,18,27H,10,12H2,(H2,28,32). The van der Waals surface area contributed by atoms with E-state index < -0.39 is 34.8 Å². The van der Waals surface area contributed by atoms with Crippen molar-refractivity contribution < 1.29 is 14.0 Å². The van der Waals surface area contributed by atoms with Crippen molar-refractivity contribution in [1.82, 2.24) is 4.57 Å². The summed E-state index contributed by atoms with van der Waals surface area (Å²) in [6.45, 7) is 0.215. The maximum atomic E-state index is 13.6. The van der Waals surface area contributed by atoms with E-state index in [1.807, 2.05) is 0 Å². The molecule has 3 N–H and O–H groups in total. The van der Waals surface area contributed by atoms with Crippen molar-refractivity contribution in [1.29, 1.82) is 5.41 Å². The molecule has 1 unspecified atom stereocenters. The molecule has 0 bridgehead atoms. The zero-order valence-corrected chi connectivity index (χ0v) is 18.5. The molecule has 4 rings (SSSR count). The third-order valence-electron chi connectivity index (χ3n) is 5.45. The lowest BCUT2D eigenvalue weighted by Crippen LogP contribution is -2.50. The van der Waals surface area contributed by atoms with Crippen LogP contribution >= 0.6 is 11.6 Å². The quantitative estimate of drug-likeness (QED) is 0.546. The second-order valence-electron chi connectivity index (χ2n) is 7.60. The molecule has 1 saturated heterocycles. The van der Waals surface area contributed by atoms with Crippen molar-refractivity contribution in [3.8, 4) is 5.69 Å². The lowest BCUT2D eigenvalue weighted by molar-refractivity contribution is -0.113. The van der Waals surface area contributed by atoms with Gasteiger partial charge in [0.05, 0.1) is 11.6 Å². The van der Waals surface area contributed by atoms with Crippen LogP contribution in [0.25, 0.3) is 5.69 Å². The first-order valence-electron chi connectivity index (χ1n) is 10.3. The minimum Gasteiger partial charge on any atom is -0.365 e. The van der Waals surface area contributed by atoms with Crippen LogP contribution in [0.5, 0.6) is 0 Å². The van der Waals surface area contributed by atoms with E-state index in [2.05, 4.69) is 4.99 Å². The predicted octanol–water partition coefficient (Wildman–Crippen LogP) is 3.26. The van der Waals surface area contributed by atoms with Crippen LogP contribution in [-0.2, 0) is 9.59 Å². The average Bonchev–Trinajstić information content (AvgIpc) is 2.82. The number of nitrogens with two attached hydrogens (primary N) is 1. The largest absolute Gasteiger partial charge is 0.365 e. The first-order valence-corrected chi connectivity index (χ1v) is 10.7. The van der Waals surface area contributed by atoms with Crippen molar-refractivity contribution in [3.63, 3.8) is 0 Å². The first-order chi connectivity index (χ1) is 16.3. The number of hydrogen-bond acceptors (Lipinski definition) is 5. The number of rotatable bonds is 5.